The molecule has 4 rings (SSSR count). The summed E-state index contributed by atoms with van der Waals surface area (Å²) in [4.78, 5) is 49.2. The van der Waals surface area contributed by atoms with Crippen molar-refractivity contribution in [1.29, 1.82) is 0 Å². The molecule has 0 fully saturated rings. The molecule has 12 nitrogen and oxygen atoms in total. The van der Waals surface area contributed by atoms with Gasteiger partial charge in [-0.05, 0) is 96.1 Å². The molecule has 0 saturated carbocycles. The molecule has 0 heterocycles. The van der Waals surface area contributed by atoms with Crippen molar-refractivity contribution in [2.75, 3.05) is 14.2 Å². The van der Waals surface area contributed by atoms with E-state index in [1.807, 2.05) is 0 Å². The summed E-state index contributed by atoms with van der Waals surface area (Å²) in [6.07, 6.45) is 2.44. The Balaban J connectivity index is 1.21. The van der Waals surface area contributed by atoms with E-state index >= 15 is 0 Å². The fourth-order valence-electron chi connectivity index (χ4n) is 3.88. The van der Waals surface area contributed by atoms with Gasteiger partial charge in [0.2, 0.25) is 11.8 Å². The van der Waals surface area contributed by atoms with E-state index in [0.29, 0.717) is 32.3 Å². The van der Waals surface area contributed by atoms with Crippen molar-refractivity contribution in [2.24, 2.45) is 10.2 Å². The summed E-state index contributed by atoms with van der Waals surface area (Å²) in [5, 5.41) is 8.78. The first kappa shape index (κ1) is 35.1. The third-order valence-corrected chi connectivity index (χ3v) is 6.83. The van der Waals surface area contributed by atoms with E-state index in [9.17, 15) is 19.2 Å². The van der Waals surface area contributed by atoms with Gasteiger partial charge in [-0.1, -0.05) is 23.2 Å². The lowest BCUT2D eigenvalue weighted by atomic mass is 10.2. The number of benzene rings is 4. The summed E-state index contributed by atoms with van der Waals surface area (Å²) < 4.78 is 21.5. The average molecular weight is 692 g/mol. The van der Waals surface area contributed by atoms with Crippen LogP contribution in [0.2, 0.25) is 10.0 Å². The molecule has 0 radical (unpaired) electrons. The molecule has 0 aliphatic heterocycles. The third-order valence-electron chi connectivity index (χ3n) is 6.33. The van der Waals surface area contributed by atoms with E-state index < -0.39 is 23.8 Å². The van der Waals surface area contributed by atoms with Gasteiger partial charge in [0.15, 0.2) is 23.0 Å². The maximum Gasteiger partial charge on any atom is 0.343 e. The summed E-state index contributed by atoms with van der Waals surface area (Å²) >= 11 is 11.7. The van der Waals surface area contributed by atoms with Crippen molar-refractivity contribution in [1.82, 2.24) is 10.9 Å². The second-order valence-corrected chi connectivity index (χ2v) is 10.6. The van der Waals surface area contributed by atoms with Crippen molar-refractivity contribution < 1.29 is 38.1 Å². The van der Waals surface area contributed by atoms with Crippen molar-refractivity contribution >= 4 is 59.4 Å². The Hall–Kier alpha value is -5.72. The van der Waals surface area contributed by atoms with Crippen LogP contribution in [0.5, 0.6) is 23.0 Å². The fraction of sp³-hybridized carbons (Fsp3) is 0.118. The van der Waals surface area contributed by atoms with E-state index in [-0.39, 0.29) is 35.8 Å². The van der Waals surface area contributed by atoms with Crippen LogP contribution in [-0.2, 0) is 9.59 Å². The van der Waals surface area contributed by atoms with Gasteiger partial charge in [-0.3, -0.25) is 9.59 Å². The predicted molar refractivity (Wildman–Crippen MR) is 180 cm³/mol. The van der Waals surface area contributed by atoms with Crippen LogP contribution in [0, 0.1) is 0 Å². The molecule has 14 heteroatoms. The van der Waals surface area contributed by atoms with Crippen LogP contribution in [-0.4, -0.2) is 50.4 Å². The largest absolute Gasteiger partial charge is 0.493 e. The second kappa shape index (κ2) is 17.3. The molecular weight excluding hydrogens is 663 g/mol. The Morgan fingerprint density at radius 2 is 0.958 bits per heavy atom. The Labute approximate surface area is 285 Å². The van der Waals surface area contributed by atoms with Crippen LogP contribution in [0.25, 0.3) is 0 Å². The minimum Gasteiger partial charge on any atom is -0.493 e. The molecule has 0 aliphatic carbocycles. The van der Waals surface area contributed by atoms with Gasteiger partial charge in [-0.2, -0.15) is 10.2 Å². The molecule has 0 aliphatic rings. The van der Waals surface area contributed by atoms with Gasteiger partial charge in [0.25, 0.3) is 0 Å². The van der Waals surface area contributed by atoms with E-state index in [1.54, 1.807) is 72.8 Å². The fourth-order valence-corrected chi connectivity index (χ4v) is 4.14. The third kappa shape index (κ3) is 10.4. The molecular formula is C34H28Cl2N4O8. The maximum atomic E-state index is 12.4. The number of rotatable bonds is 13. The lowest BCUT2D eigenvalue weighted by molar-refractivity contribution is -0.126. The van der Waals surface area contributed by atoms with Gasteiger partial charge >= 0.3 is 11.9 Å². The second-order valence-electron chi connectivity index (χ2n) is 9.70. The Kier molecular flexibility index (Phi) is 12.6. The molecule has 246 valence electrons. The van der Waals surface area contributed by atoms with Crippen LogP contribution < -0.4 is 29.8 Å². The van der Waals surface area contributed by atoms with Crippen LogP contribution in [0.15, 0.2) is 95.1 Å². The van der Waals surface area contributed by atoms with Crippen molar-refractivity contribution in [2.45, 2.75) is 12.8 Å². The quantitative estimate of drug-likeness (QED) is 0.0769. The van der Waals surface area contributed by atoms with E-state index in [0.717, 1.165) is 0 Å². The monoisotopic (exact) mass is 690 g/mol. The Morgan fingerprint density at radius 3 is 1.31 bits per heavy atom. The maximum absolute atomic E-state index is 12.4. The number of nitrogens with zero attached hydrogens (tertiary/aromatic N) is 2. The number of carbonyl (C=O) groups excluding carboxylic acids is 4. The normalized spacial score (nSPS) is 10.8. The van der Waals surface area contributed by atoms with E-state index in [4.69, 9.17) is 42.1 Å². The van der Waals surface area contributed by atoms with Crippen molar-refractivity contribution in [3.05, 3.63) is 117 Å². The number of hydrogen-bond acceptors (Lipinski definition) is 10. The number of hydrazone groups is 2. The summed E-state index contributed by atoms with van der Waals surface area (Å²) in [5.41, 5.74) is 6.42. The van der Waals surface area contributed by atoms with Crippen LogP contribution >= 0.6 is 23.2 Å². The van der Waals surface area contributed by atoms with Gasteiger partial charge in [0, 0.05) is 22.9 Å². The van der Waals surface area contributed by atoms with Gasteiger partial charge in [-0.15, -0.1) is 0 Å². The minimum absolute atomic E-state index is 0.150. The first-order valence-corrected chi connectivity index (χ1v) is 14.9. The first-order chi connectivity index (χ1) is 23.1. The number of amides is 2. The zero-order valence-corrected chi connectivity index (χ0v) is 27.1. The molecule has 2 amide bonds. The lowest BCUT2D eigenvalue weighted by Crippen LogP contribution is -2.22. The summed E-state index contributed by atoms with van der Waals surface area (Å²) in [6.45, 7) is 0. The number of carbonyl (C=O) groups is 4. The Bertz CT molecular complexity index is 1710. The number of methoxy groups -OCH3 is 2. The minimum atomic E-state index is -0.585. The highest BCUT2D eigenvalue weighted by Gasteiger charge is 2.14. The summed E-state index contributed by atoms with van der Waals surface area (Å²) in [7, 11) is 2.84. The van der Waals surface area contributed by atoms with E-state index in [2.05, 4.69) is 21.1 Å². The molecule has 0 saturated heterocycles. The molecule has 0 atom stereocenters. The summed E-state index contributed by atoms with van der Waals surface area (Å²) in [5.74, 6) is -1.23. The highest BCUT2D eigenvalue weighted by molar-refractivity contribution is 6.31. The standard InChI is InChI=1S/C34H28Cl2N4O8/c1-45-29-17-21(3-13-27(29)47-33(43)23-5-9-25(35)10-6-23)19-37-39-31(41)15-16-32(42)40-38-20-22-4-14-28(30(18-22)46-2)48-34(44)24-7-11-26(36)12-8-24/h3-14,17-20H,15-16H2,1-2H3,(H,39,41)(H,40,42)/b37-19+,38-20+. The SMILES string of the molecule is COc1cc(/C=N/NC(=O)CCC(=O)N/N=C/c2ccc(OC(=O)c3ccc(Cl)cc3)c(OC)c2)ccc1OC(=O)c1ccc(Cl)cc1. The van der Waals surface area contributed by atoms with Gasteiger partial charge in [0.1, 0.15) is 0 Å². The first-order valence-electron chi connectivity index (χ1n) is 14.1. The zero-order chi connectivity index (χ0) is 34.5. The summed E-state index contributed by atoms with van der Waals surface area (Å²) in [6, 6.07) is 21.9. The Morgan fingerprint density at radius 1 is 0.583 bits per heavy atom. The lowest BCUT2D eigenvalue weighted by Gasteiger charge is -2.10. The molecule has 0 spiro atoms. The van der Waals surface area contributed by atoms with Crippen molar-refractivity contribution in [3.63, 3.8) is 0 Å². The number of halogens is 2. The van der Waals surface area contributed by atoms with Gasteiger partial charge < -0.3 is 18.9 Å². The van der Waals surface area contributed by atoms with Gasteiger partial charge in [0.05, 0.1) is 37.8 Å². The van der Waals surface area contributed by atoms with Crippen molar-refractivity contribution in [3.8, 4) is 23.0 Å². The van der Waals surface area contributed by atoms with E-state index in [1.165, 1.54) is 38.8 Å². The van der Waals surface area contributed by atoms with Crippen LogP contribution in [0.4, 0.5) is 0 Å². The number of hydrogen-bond donors (Lipinski definition) is 2. The molecule has 2 N–H and O–H groups in total. The van der Waals surface area contributed by atoms with Crippen LogP contribution in [0.3, 0.4) is 0 Å². The molecule has 0 bridgehead atoms. The van der Waals surface area contributed by atoms with Crippen LogP contribution in [0.1, 0.15) is 44.7 Å². The average Bonchev–Trinajstić information content (AvgIpc) is 3.09. The highest BCUT2D eigenvalue weighted by atomic mass is 35.5. The molecule has 0 unspecified atom stereocenters. The topological polar surface area (TPSA) is 154 Å². The molecule has 4 aromatic rings. The predicted octanol–water partition coefficient (Wildman–Crippen LogP) is 5.83. The zero-order valence-electron chi connectivity index (χ0n) is 25.6. The smallest absolute Gasteiger partial charge is 0.343 e. The molecule has 4 aromatic carbocycles. The number of nitrogens with one attached hydrogen (secondary N) is 2. The van der Waals surface area contributed by atoms with Gasteiger partial charge in [-0.25, -0.2) is 20.4 Å². The highest BCUT2D eigenvalue weighted by Crippen LogP contribution is 2.29. The molecule has 48 heavy (non-hydrogen) atoms. The molecule has 0 aromatic heterocycles. The number of ether oxygens (including phenoxy) is 4. The number of esters is 2.